The van der Waals surface area contributed by atoms with E-state index in [0.29, 0.717) is 25.6 Å². The summed E-state index contributed by atoms with van der Waals surface area (Å²) in [6.45, 7) is 3.57. The fraction of sp³-hybridized carbons (Fsp3) is 0.353. The second-order valence-electron chi connectivity index (χ2n) is 5.51. The Hall–Kier alpha value is -2.48. The van der Waals surface area contributed by atoms with Gasteiger partial charge in [0.15, 0.2) is 0 Å². The molecule has 0 unspecified atom stereocenters. The summed E-state index contributed by atoms with van der Waals surface area (Å²) < 4.78 is 45.6. The quantitative estimate of drug-likeness (QED) is 0.892. The van der Waals surface area contributed by atoms with Crippen molar-refractivity contribution in [1.82, 2.24) is 4.98 Å². The van der Waals surface area contributed by atoms with Crippen molar-refractivity contribution in [1.29, 1.82) is 0 Å². The number of rotatable bonds is 5. The van der Waals surface area contributed by atoms with Crippen LogP contribution in [0.1, 0.15) is 5.56 Å². The number of aromatic nitrogens is 1. The first-order chi connectivity index (χ1) is 12.0. The molecule has 0 atom stereocenters. The maximum atomic E-state index is 12.2. The van der Waals surface area contributed by atoms with E-state index in [-0.39, 0.29) is 5.75 Å². The maximum absolute atomic E-state index is 12.2. The zero-order chi connectivity index (χ0) is 17.7. The number of para-hydroxylation sites is 1. The van der Waals surface area contributed by atoms with Gasteiger partial charge in [-0.2, -0.15) is 0 Å². The van der Waals surface area contributed by atoms with Gasteiger partial charge in [-0.1, -0.05) is 18.2 Å². The number of alkyl halides is 3. The van der Waals surface area contributed by atoms with Crippen LogP contribution in [-0.4, -0.2) is 37.6 Å². The molecular weight excluding hydrogens is 335 g/mol. The summed E-state index contributed by atoms with van der Waals surface area (Å²) >= 11 is 0. The molecule has 0 saturated carbocycles. The van der Waals surface area contributed by atoms with Gasteiger partial charge in [0.1, 0.15) is 11.6 Å². The lowest BCUT2D eigenvalue weighted by Gasteiger charge is -2.30. The van der Waals surface area contributed by atoms with E-state index in [0.717, 1.165) is 30.5 Å². The van der Waals surface area contributed by atoms with E-state index in [1.165, 1.54) is 12.1 Å². The predicted molar refractivity (Wildman–Crippen MR) is 87.7 cm³/mol. The van der Waals surface area contributed by atoms with E-state index >= 15 is 0 Å². The van der Waals surface area contributed by atoms with Gasteiger partial charge in [-0.15, -0.1) is 13.2 Å². The number of nitrogens with one attached hydrogen (secondary N) is 1. The average molecular weight is 353 g/mol. The molecule has 1 aliphatic rings. The lowest BCUT2D eigenvalue weighted by atomic mass is 10.1. The average Bonchev–Trinajstić information content (AvgIpc) is 2.61. The number of halogens is 3. The van der Waals surface area contributed by atoms with Crippen LogP contribution in [0, 0.1) is 0 Å². The number of morpholine rings is 1. The topological polar surface area (TPSA) is 46.6 Å². The Morgan fingerprint density at radius 2 is 1.88 bits per heavy atom. The van der Waals surface area contributed by atoms with Gasteiger partial charge in [-0.3, -0.25) is 0 Å². The van der Waals surface area contributed by atoms with Crippen LogP contribution in [0.4, 0.5) is 24.7 Å². The third kappa shape index (κ3) is 4.99. The van der Waals surface area contributed by atoms with Crippen molar-refractivity contribution < 1.29 is 22.6 Å². The highest BCUT2D eigenvalue weighted by molar-refractivity contribution is 5.55. The molecule has 2 aromatic rings. The van der Waals surface area contributed by atoms with E-state index in [1.54, 1.807) is 0 Å². The van der Waals surface area contributed by atoms with Crippen molar-refractivity contribution in [2.24, 2.45) is 0 Å². The number of pyridine rings is 1. The molecule has 3 rings (SSSR count). The van der Waals surface area contributed by atoms with E-state index in [4.69, 9.17) is 4.74 Å². The first-order valence-corrected chi connectivity index (χ1v) is 7.87. The van der Waals surface area contributed by atoms with Crippen LogP contribution < -0.4 is 15.0 Å². The Morgan fingerprint density at radius 3 is 2.56 bits per heavy atom. The van der Waals surface area contributed by atoms with Crippen molar-refractivity contribution in [3.8, 4) is 5.75 Å². The van der Waals surface area contributed by atoms with Gasteiger partial charge >= 0.3 is 6.36 Å². The Kier molecular flexibility index (Phi) is 5.28. The SMILES string of the molecule is FC(F)(F)Oc1ccc(NCc2ccccc2N2CCOCC2)nc1. The molecule has 134 valence electrons. The molecule has 0 aliphatic carbocycles. The molecule has 25 heavy (non-hydrogen) atoms. The predicted octanol–water partition coefficient (Wildman–Crippen LogP) is 3.43. The molecular formula is C17H18F3N3O2. The molecule has 0 bridgehead atoms. The number of hydrogen-bond acceptors (Lipinski definition) is 5. The Morgan fingerprint density at radius 1 is 1.12 bits per heavy atom. The van der Waals surface area contributed by atoms with Crippen molar-refractivity contribution in [3.05, 3.63) is 48.2 Å². The van der Waals surface area contributed by atoms with E-state index in [2.05, 4.69) is 26.0 Å². The normalized spacial score (nSPS) is 15.1. The summed E-state index contributed by atoms with van der Waals surface area (Å²) in [4.78, 5) is 6.21. The molecule has 1 aliphatic heterocycles. The second kappa shape index (κ2) is 7.60. The zero-order valence-electron chi connectivity index (χ0n) is 13.4. The van der Waals surface area contributed by atoms with Crippen LogP contribution in [0.15, 0.2) is 42.6 Å². The lowest BCUT2D eigenvalue weighted by Crippen LogP contribution is -2.36. The number of benzene rings is 1. The van der Waals surface area contributed by atoms with Crippen molar-refractivity contribution in [2.75, 3.05) is 36.5 Å². The Balaban J connectivity index is 1.63. The summed E-state index contributed by atoms with van der Waals surface area (Å²) in [7, 11) is 0. The molecule has 0 amide bonds. The molecule has 1 saturated heterocycles. The Bertz CT molecular complexity index is 686. The summed E-state index contributed by atoms with van der Waals surface area (Å²) in [5.74, 6) is 0.137. The summed E-state index contributed by atoms with van der Waals surface area (Å²) in [6.07, 6.45) is -3.67. The van der Waals surface area contributed by atoms with Crippen LogP contribution >= 0.6 is 0 Å². The van der Waals surface area contributed by atoms with Crippen LogP contribution in [0.5, 0.6) is 5.75 Å². The highest BCUT2D eigenvalue weighted by Crippen LogP contribution is 2.24. The first kappa shape index (κ1) is 17.3. The smallest absolute Gasteiger partial charge is 0.404 e. The maximum Gasteiger partial charge on any atom is 0.573 e. The van der Waals surface area contributed by atoms with Gasteiger partial charge in [0.05, 0.1) is 19.4 Å². The van der Waals surface area contributed by atoms with E-state index in [1.807, 2.05) is 18.2 Å². The highest BCUT2D eigenvalue weighted by atomic mass is 19.4. The van der Waals surface area contributed by atoms with Crippen molar-refractivity contribution in [2.45, 2.75) is 12.9 Å². The van der Waals surface area contributed by atoms with Crippen molar-refractivity contribution in [3.63, 3.8) is 0 Å². The molecule has 1 N–H and O–H groups in total. The molecule has 0 spiro atoms. The van der Waals surface area contributed by atoms with Gasteiger partial charge in [0, 0.05) is 25.3 Å². The standard InChI is InChI=1S/C17H18F3N3O2/c18-17(19,20)25-14-5-6-16(22-12-14)21-11-13-3-1-2-4-15(13)23-7-9-24-10-8-23/h1-6,12H,7-11H2,(H,21,22). The second-order valence-corrected chi connectivity index (χ2v) is 5.51. The van der Waals surface area contributed by atoms with Gasteiger partial charge in [0.2, 0.25) is 0 Å². The van der Waals surface area contributed by atoms with Gasteiger partial charge in [-0.25, -0.2) is 4.98 Å². The van der Waals surface area contributed by atoms with Crippen LogP contribution in [0.3, 0.4) is 0 Å². The molecule has 1 aromatic heterocycles. The molecule has 1 aromatic carbocycles. The van der Waals surface area contributed by atoms with Crippen LogP contribution in [-0.2, 0) is 11.3 Å². The first-order valence-electron chi connectivity index (χ1n) is 7.87. The molecule has 0 radical (unpaired) electrons. The fourth-order valence-electron chi connectivity index (χ4n) is 2.64. The van der Waals surface area contributed by atoms with Crippen molar-refractivity contribution >= 4 is 11.5 Å². The lowest BCUT2D eigenvalue weighted by molar-refractivity contribution is -0.274. The summed E-state index contributed by atoms with van der Waals surface area (Å²) in [6, 6.07) is 10.7. The van der Waals surface area contributed by atoms with E-state index in [9.17, 15) is 13.2 Å². The number of ether oxygens (including phenoxy) is 2. The molecule has 8 heteroatoms. The number of hydrogen-bond donors (Lipinski definition) is 1. The third-order valence-electron chi connectivity index (χ3n) is 3.77. The molecule has 5 nitrogen and oxygen atoms in total. The highest BCUT2D eigenvalue weighted by Gasteiger charge is 2.31. The Labute approximate surface area is 143 Å². The van der Waals surface area contributed by atoms with Gasteiger partial charge in [-0.05, 0) is 23.8 Å². The zero-order valence-corrected chi connectivity index (χ0v) is 13.4. The van der Waals surface area contributed by atoms with Gasteiger partial charge in [0.25, 0.3) is 0 Å². The summed E-state index contributed by atoms with van der Waals surface area (Å²) in [5.41, 5.74) is 2.21. The summed E-state index contributed by atoms with van der Waals surface area (Å²) in [5, 5.41) is 3.12. The van der Waals surface area contributed by atoms with E-state index < -0.39 is 6.36 Å². The monoisotopic (exact) mass is 353 g/mol. The van der Waals surface area contributed by atoms with Crippen LogP contribution in [0.2, 0.25) is 0 Å². The number of nitrogens with zero attached hydrogens (tertiary/aromatic N) is 2. The minimum absolute atomic E-state index is 0.341. The molecule has 2 heterocycles. The number of anilines is 2. The third-order valence-corrected chi connectivity index (χ3v) is 3.77. The van der Waals surface area contributed by atoms with Gasteiger partial charge < -0.3 is 19.7 Å². The largest absolute Gasteiger partial charge is 0.573 e. The minimum atomic E-state index is -4.71. The van der Waals surface area contributed by atoms with Crippen LogP contribution in [0.25, 0.3) is 0 Å². The molecule has 1 fully saturated rings. The minimum Gasteiger partial charge on any atom is -0.404 e. The fourth-order valence-corrected chi connectivity index (χ4v) is 2.64.